The zero-order valence-electron chi connectivity index (χ0n) is 15.7. The number of halogens is 13. The van der Waals surface area contributed by atoms with Crippen LogP contribution in [-0.4, -0.2) is 62.3 Å². The molecule has 2 rings (SSSR count). The number of carbonyl (C=O) groups is 1. The van der Waals surface area contributed by atoms with Gasteiger partial charge in [0.25, 0.3) is 0 Å². The maximum atomic E-state index is 13.8. The number of anilines is 1. The van der Waals surface area contributed by atoms with Crippen LogP contribution in [0.15, 0.2) is 24.3 Å². The molecule has 0 saturated carbocycles. The first-order valence-corrected chi connectivity index (χ1v) is 8.28. The van der Waals surface area contributed by atoms with Crippen molar-refractivity contribution in [3.05, 3.63) is 35.7 Å². The Morgan fingerprint density at radius 2 is 1.26 bits per heavy atom. The number of nitrogens with zero attached hydrogens (tertiary/aromatic N) is 3. The van der Waals surface area contributed by atoms with Crippen LogP contribution in [0.25, 0.3) is 0 Å². The first-order chi connectivity index (χ1) is 15.2. The van der Waals surface area contributed by atoms with Gasteiger partial charge in [0.15, 0.2) is 5.82 Å². The fourth-order valence-corrected chi connectivity index (χ4v) is 2.27. The summed E-state index contributed by atoms with van der Waals surface area (Å²) in [6, 6.07) is 3.64. The Hall–Kier alpha value is -3.15. The number of nitrogens with one attached hydrogen (secondary N) is 2. The number of hydrogen-bond acceptors (Lipinski definition) is 4. The number of tetrazole rings is 1. The topological polar surface area (TPSA) is 83.6 Å². The zero-order chi connectivity index (χ0) is 26.4. The molecular formula is C15H8F13N5O. The van der Waals surface area contributed by atoms with E-state index in [1.165, 1.54) is 0 Å². The van der Waals surface area contributed by atoms with Gasteiger partial charge < -0.3 is 5.32 Å². The Kier molecular flexibility index (Phi) is 6.58. The van der Waals surface area contributed by atoms with Gasteiger partial charge in [0.05, 0.1) is 0 Å². The number of rotatable bonds is 8. The number of alkyl halides is 13. The Bertz CT molecular complexity index is 1000. The summed E-state index contributed by atoms with van der Waals surface area (Å²) in [7, 11) is 0. The molecule has 1 amide bonds. The molecule has 2 N–H and O–H groups in total. The summed E-state index contributed by atoms with van der Waals surface area (Å²) >= 11 is 0. The van der Waals surface area contributed by atoms with E-state index in [-0.39, 0.29) is 12.2 Å². The maximum Gasteiger partial charge on any atom is 0.460 e. The fraction of sp³-hybridized carbons (Fsp3) is 0.467. The Morgan fingerprint density at radius 1 is 0.765 bits per heavy atom. The highest BCUT2D eigenvalue weighted by atomic mass is 19.4. The second kappa shape index (κ2) is 8.26. The maximum absolute atomic E-state index is 13.8. The average Bonchev–Trinajstić information content (AvgIpc) is 3.21. The van der Waals surface area contributed by atoms with Crippen molar-refractivity contribution in [3.63, 3.8) is 0 Å². The molecule has 190 valence electrons. The minimum absolute atomic E-state index is 0.0202. The third kappa shape index (κ3) is 4.22. The van der Waals surface area contributed by atoms with Crippen molar-refractivity contribution >= 4 is 11.6 Å². The van der Waals surface area contributed by atoms with Crippen molar-refractivity contribution in [3.8, 4) is 0 Å². The van der Waals surface area contributed by atoms with Crippen LogP contribution in [0.1, 0.15) is 11.4 Å². The molecule has 0 aliphatic heterocycles. The molecule has 34 heavy (non-hydrogen) atoms. The minimum atomic E-state index is -8.08. The van der Waals surface area contributed by atoms with Gasteiger partial charge in [-0.2, -0.15) is 62.3 Å². The van der Waals surface area contributed by atoms with Gasteiger partial charge in [-0.05, 0) is 17.7 Å². The normalized spacial score (nSPS) is 14.3. The van der Waals surface area contributed by atoms with E-state index in [1.807, 2.05) is 0 Å². The molecule has 0 bridgehead atoms. The van der Waals surface area contributed by atoms with E-state index < -0.39 is 47.4 Å². The van der Waals surface area contributed by atoms with Crippen LogP contribution in [0, 0.1) is 0 Å². The first-order valence-electron chi connectivity index (χ1n) is 8.28. The van der Waals surface area contributed by atoms with E-state index in [1.54, 1.807) is 0 Å². The molecule has 19 heteroatoms. The molecule has 0 radical (unpaired) electrons. The summed E-state index contributed by atoms with van der Waals surface area (Å²) in [5.41, 5.74) is -0.468. The van der Waals surface area contributed by atoms with Crippen LogP contribution in [0.3, 0.4) is 0 Å². The Labute approximate surface area is 178 Å². The second-order valence-corrected chi connectivity index (χ2v) is 6.53. The lowest BCUT2D eigenvalue weighted by Gasteiger charge is -2.39. The lowest BCUT2D eigenvalue weighted by atomic mass is 9.93. The van der Waals surface area contributed by atoms with Crippen molar-refractivity contribution in [2.75, 3.05) is 5.32 Å². The van der Waals surface area contributed by atoms with E-state index in [9.17, 15) is 61.9 Å². The lowest BCUT2D eigenvalue weighted by molar-refractivity contribution is -0.435. The molecule has 2 aromatic rings. The zero-order valence-corrected chi connectivity index (χ0v) is 15.7. The van der Waals surface area contributed by atoms with Crippen LogP contribution in [0.5, 0.6) is 0 Å². The molecule has 1 aromatic carbocycles. The van der Waals surface area contributed by atoms with Crippen LogP contribution < -0.4 is 5.32 Å². The highest BCUT2D eigenvalue weighted by molar-refractivity contribution is 5.97. The number of aromatic amines is 1. The monoisotopic (exact) mass is 521 g/mol. The Morgan fingerprint density at radius 3 is 1.71 bits per heavy atom. The lowest BCUT2D eigenvalue weighted by Crippen LogP contribution is -2.71. The molecule has 6 nitrogen and oxygen atoms in total. The number of amides is 1. The summed E-state index contributed by atoms with van der Waals surface area (Å²) in [6.45, 7) is 0. The average molecular weight is 521 g/mol. The van der Waals surface area contributed by atoms with Gasteiger partial charge in [0, 0.05) is 12.1 Å². The molecule has 0 unspecified atom stereocenters. The van der Waals surface area contributed by atoms with E-state index in [0.717, 1.165) is 29.6 Å². The molecule has 0 saturated heterocycles. The molecule has 0 atom stereocenters. The number of aromatic nitrogens is 4. The molecule has 0 aliphatic rings. The van der Waals surface area contributed by atoms with Gasteiger partial charge in [-0.25, -0.2) is 0 Å². The number of hydrogen-bond donors (Lipinski definition) is 2. The number of carbonyl (C=O) groups excluding carboxylic acids is 1. The quantitative estimate of drug-likeness (QED) is 0.503. The van der Waals surface area contributed by atoms with E-state index in [4.69, 9.17) is 0 Å². The largest absolute Gasteiger partial charge is 0.460 e. The van der Waals surface area contributed by atoms with Gasteiger partial charge in [-0.1, -0.05) is 17.3 Å². The van der Waals surface area contributed by atoms with Gasteiger partial charge in [-0.3, -0.25) is 4.79 Å². The minimum Gasteiger partial charge on any atom is -0.321 e. The third-order valence-corrected chi connectivity index (χ3v) is 4.18. The Balaban J connectivity index is 2.29. The van der Waals surface area contributed by atoms with Gasteiger partial charge >= 0.3 is 41.7 Å². The third-order valence-electron chi connectivity index (χ3n) is 4.18. The predicted octanol–water partition coefficient (Wildman–Crippen LogP) is 4.47. The van der Waals surface area contributed by atoms with Crippen molar-refractivity contribution in [2.45, 2.75) is 42.2 Å². The smallest absolute Gasteiger partial charge is 0.321 e. The highest BCUT2D eigenvalue weighted by Gasteiger charge is 2.91. The number of benzene rings is 1. The highest BCUT2D eigenvalue weighted by Crippen LogP contribution is 2.60. The van der Waals surface area contributed by atoms with E-state index in [0.29, 0.717) is 5.56 Å². The van der Waals surface area contributed by atoms with Crippen LogP contribution >= 0.6 is 0 Å². The van der Waals surface area contributed by atoms with Crippen molar-refractivity contribution in [2.24, 2.45) is 0 Å². The van der Waals surface area contributed by atoms with Gasteiger partial charge in [0.2, 0.25) is 0 Å². The molecule has 1 heterocycles. The first kappa shape index (κ1) is 27.1. The standard InChI is InChI=1S/C15H8F13N5O/c16-10(17,11(18,19)12(20,21)13(22,23)14(24,25)15(26,27)28)9(34)29-7-3-1-6(2-4-7)5-8-30-32-33-31-8/h1-4H,5H2,(H,29,34)(H,30,31,32,33). The van der Waals surface area contributed by atoms with Crippen LogP contribution in [0.2, 0.25) is 0 Å². The molecular weight excluding hydrogens is 513 g/mol. The molecule has 0 aliphatic carbocycles. The summed E-state index contributed by atoms with van der Waals surface area (Å²) in [6.07, 6.45) is -7.55. The molecule has 0 fully saturated rings. The van der Waals surface area contributed by atoms with E-state index in [2.05, 4.69) is 20.6 Å². The van der Waals surface area contributed by atoms with Gasteiger partial charge in [0.1, 0.15) is 0 Å². The van der Waals surface area contributed by atoms with E-state index >= 15 is 0 Å². The SMILES string of the molecule is O=C(Nc1ccc(Cc2nn[nH]n2)cc1)C(F)(F)C(F)(F)C(F)(F)C(F)(F)C(F)(F)C(F)(F)F. The molecule has 0 spiro atoms. The summed E-state index contributed by atoms with van der Waals surface area (Å²) in [5.74, 6) is -41.9. The summed E-state index contributed by atoms with van der Waals surface area (Å²) in [5, 5.41) is 13.4. The van der Waals surface area contributed by atoms with Crippen LogP contribution in [0.4, 0.5) is 62.8 Å². The summed E-state index contributed by atoms with van der Waals surface area (Å²) < 4.78 is 170. The summed E-state index contributed by atoms with van der Waals surface area (Å²) in [4.78, 5) is 11.5. The van der Waals surface area contributed by atoms with Crippen molar-refractivity contribution in [1.29, 1.82) is 0 Å². The fourth-order valence-electron chi connectivity index (χ4n) is 2.27. The predicted molar refractivity (Wildman–Crippen MR) is 82.8 cm³/mol. The van der Waals surface area contributed by atoms with Crippen molar-refractivity contribution in [1.82, 2.24) is 20.6 Å². The number of H-pyrrole nitrogens is 1. The molecule has 1 aromatic heterocycles. The second-order valence-electron chi connectivity index (χ2n) is 6.53. The van der Waals surface area contributed by atoms with Gasteiger partial charge in [-0.15, -0.1) is 10.2 Å². The van der Waals surface area contributed by atoms with Crippen LogP contribution in [-0.2, 0) is 11.2 Å². The van der Waals surface area contributed by atoms with Crippen molar-refractivity contribution < 1.29 is 61.9 Å².